The molecule has 0 bridgehead atoms. The summed E-state index contributed by atoms with van der Waals surface area (Å²) in [7, 11) is 0. The van der Waals surface area contributed by atoms with Gasteiger partial charge in [-0.25, -0.2) is 8.78 Å². The van der Waals surface area contributed by atoms with Gasteiger partial charge in [0.2, 0.25) is 0 Å². The molecule has 0 aliphatic heterocycles. The number of guanidine groups is 1. The molecule has 3 rings (SSSR count). The van der Waals surface area contributed by atoms with Gasteiger partial charge in [-0.3, -0.25) is 4.99 Å². The van der Waals surface area contributed by atoms with Gasteiger partial charge in [0, 0.05) is 41.9 Å². The molecule has 1 heterocycles. The first kappa shape index (κ1) is 16.9. The maximum absolute atomic E-state index is 13.8. The van der Waals surface area contributed by atoms with Crippen molar-refractivity contribution in [3.63, 3.8) is 0 Å². The maximum Gasteiger partial charge on any atom is 0.191 e. The molecular formula is C18H21F2N3S. The Labute approximate surface area is 144 Å². The lowest BCUT2D eigenvalue weighted by Crippen LogP contribution is -2.39. The van der Waals surface area contributed by atoms with Gasteiger partial charge in [0.25, 0.3) is 0 Å². The highest BCUT2D eigenvalue weighted by atomic mass is 32.1. The standard InChI is InChI=1S/C18H21F2N3S/c1-2-21-18(22-9-8-12-5-4-10-24-12)23-16-11-13(16)17-14(19)6-3-7-15(17)20/h3-7,10,13,16H,2,8-9,11H2,1H3,(H2,21,22,23). The second-order valence-electron chi connectivity index (χ2n) is 5.82. The lowest BCUT2D eigenvalue weighted by Gasteiger charge is -2.11. The van der Waals surface area contributed by atoms with E-state index in [1.807, 2.05) is 13.0 Å². The first-order valence-electron chi connectivity index (χ1n) is 8.20. The van der Waals surface area contributed by atoms with Crippen LogP contribution in [0.3, 0.4) is 0 Å². The second-order valence-corrected chi connectivity index (χ2v) is 6.85. The summed E-state index contributed by atoms with van der Waals surface area (Å²) in [6.45, 7) is 3.43. The van der Waals surface area contributed by atoms with Crippen LogP contribution in [-0.2, 0) is 6.42 Å². The Morgan fingerprint density at radius 1 is 1.25 bits per heavy atom. The number of aliphatic imine (C=N–C) groups is 1. The number of thiophene rings is 1. The number of hydrogen-bond donors (Lipinski definition) is 2. The fourth-order valence-corrected chi connectivity index (χ4v) is 3.47. The molecule has 3 nitrogen and oxygen atoms in total. The Hall–Kier alpha value is -1.95. The number of rotatable bonds is 6. The SMILES string of the molecule is CCNC(=NCCc1cccs1)NC1CC1c1c(F)cccc1F. The first-order chi connectivity index (χ1) is 11.7. The monoisotopic (exact) mass is 349 g/mol. The van der Waals surface area contributed by atoms with Crippen LogP contribution in [0.1, 0.15) is 29.7 Å². The van der Waals surface area contributed by atoms with Gasteiger partial charge >= 0.3 is 0 Å². The molecule has 2 aromatic rings. The van der Waals surface area contributed by atoms with Crippen LogP contribution in [0.4, 0.5) is 8.78 Å². The van der Waals surface area contributed by atoms with E-state index in [0.717, 1.165) is 13.0 Å². The van der Waals surface area contributed by atoms with Crippen LogP contribution in [0, 0.1) is 11.6 Å². The predicted octanol–water partition coefficient (Wildman–Crippen LogP) is 3.68. The molecule has 0 amide bonds. The summed E-state index contributed by atoms with van der Waals surface area (Å²) >= 11 is 1.72. The molecule has 2 atom stereocenters. The third-order valence-corrected chi connectivity index (χ3v) is 4.97. The minimum absolute atomic E-state index is 0.0240. The zero-order valence-corrected chi connectivity index (χ0v) is 14.4. The number of nitrogens with zero attached hydrogens (tertiary/aromatic N) is 1. The average molecular weight is 349 g/mol. The molecule has 128 valence electrons. The summed E-state index contributed by atoms with van der Waals surface area (Å²) in [5.41, 5.74) is 0.185. The van der Waals surface area contributed by atoms with Crippen LogP contribution < -0.4 is 10.6 Å². The lowest BCUT2D eigenvalue weighted by atomic mass is 10.1. The van der Waals surface area contributed by atoms with Crippen LogP contribution in [0.5, 0.6) is 0 Å². The first-order valence-corrected chi connectivity index (χ1v) is 9.08. The van der Waals surface area contributed by atoms with Crippen molar-refractivity contribution in [2.24, 2.45) is 4.99 Å². The smallest absolute Gasteiger partial charge is 0.191 e. The van der Waals surface area contributed by atoms with Gasteiger partial charge < -0.3 is 10.6 Å². The van der Waals surface area contributed by atoms with Gasteiger partial charge in [0.1, 0.15) is 11.6 Å². The normalized spacial score (nSPS) is 20.0. The lowest BCUT2D eigenvalue weighted by molar-refractivity contribution is 0.553. The summed E-state index contributed by atoms with van der Waals surface area (Å²) in [6.07, 6.45) is 1.61. The Bertz CT molecular complexity index is 680. The molecule has 0 radical (unpaired) electrons. The third-order valence-electron chi connectivity index (χ3n) is 4.04. The van der Waals surface area contributed by atoms with Crippen molar-refractivity contribution in [1.82, 2.24) is 10.6 Å². The molecule has 1 saturated carbocycles. The molecule has 2 N–H and O–H groups in total. The van der Waals surface area contributed by atoms with E-state index in [4.69, 9.17) is 0 Å². The minimum atomic E-state index is -0.469. The zero-order chi connectivity index (χ0) is 16.9. The Morgan fingerprint density at radius 3 is 2.71 bits per heavy atom. The summed E-state index contributed by atoms with van der Waals surface area (Å²) in [4.78, 5) is 5.85. The van der Waals surface area contributed by atoms with Gasteiger partial charge in [-0.15, -0.1) is 11.3 Å². The molecule has 1 aliphatic rings. The molecule has 0 spiro atoms. The molecule has 1 aromatic heterocycles. The van der Waals surface area contributed by atoms with Crippen molar-refractivity contribution in [2.45, 2.75) is 31.7 Å². The quantitative estimate of drug-likeness (QED) is 0.616. The number of nitrogens with one attached hydrogen (secondary N) is 2. The largest absolute Gasteiger partial charge is 0.357 e. The van der Waals surface area contributed by atoms with E-state index in [0.29, 0.717) is 18.9 Å². The molecule has 0 saturated heterocycles. The van der Waals surface area contributed by atoms with E-state index in [9.17, 15) is 8.78 Å². The summed E-state index contributed by atoms with van der Waals surface area (Å²) in [5.74, 6) is -0.362. The van der Waals surface area contributed by atoms with Gasteiger partial charge in [-0.05, 0) is 36.9 Å². The molecule has 1 fully saturated rings. The minimum Gasteiger partial charge on any atom is -0.357 e. The van der Waals surface area contributed by atoms with E-state index in [1.165, 1.54) is 23.1 Å². The third kappa shape index (κ3) is 4.12. The van der Waals surface area contributed by atoms with Crippen molar-refractivity contribution in [1.29, 1.82) is 0 Å². The molecule has 1 aromatic carbocycles. The highest BCUT2D eigenvalue weighted by molar-refractivity contribution is 7.09. The van der Waals surface area contributed by atoms with E-state index >= 15 is 0 Å². The number of hydrogen-bond acceptors (Lipinski definition) is 2. The summed E-state index contributed by atoms with van der Waals surface area (Å²) < 4.78 is 27.7. The Morgan fingerprint density at radius 2 is 2.04 bits per heavy atom. The summed E-state index contributed by atoms with van der Waals surface area (Å²) in [6, 6.07) is 8.18. The van der Waals surface area contributed by atoms with E-state index in [-0.39, 0.29) is 17.5 Å². The maximum atomic E-state index is 13.8. The fourth-order valence-electron chi connectivity index (χ4n) is 2.77. The van der Waals surface area contributed by atoms with Crippen molar-refractivity contribution in [2.75, 3.05) is 13.1 Å². The van der Waals surface area contributed by atoms with Crippen molar-refractivity contribution < 1.29 is 8.78 Å². The molecule has 2 unspecified atom stereocenters. The summed E-state index contributed by atoms with van der Waals surface area (Å²) in [5, 5.41) is 8.53. The van der Waals surface area contributed by atoms with Crippen molar-refractivity contribution in [3.8, 4) is 0 Å². The molecule has 24 heavy (non-hydrogen) atoms. The highest BCUT2D eigenvalue weighted by Crippen LogP contribution is 2.43. The average Bonchev–Trinajstić information content (AvgIpc) is 3.08. The van der Waals surface area contributed by atoms with E-state index in [2.05, 4.69) is 27.1 Å². The van der Waals surface area contributed by atoms with E-state index < -0.39 is 11.6 Å². The predicted molar refractivity (Wildman–Crippen MR) is 94.6 cm³/mol. The van der Waals surface area contributed by atoms with Crippen LogP contribution in [-0.4, -0.2) is 25.1 Å². The van der Waals surface area contributed by atoms with Gasteiger partial charge in [0.05, 0.1) is 0 Å². The molecular weight excluding hydrogens is 328 g/mol. The van der Waals surface area contributed by atoms with Crippen LogP contribution in [0.15, 0.2) is 40.7 Å². The Balaban J connectivity index is 1.58. The Kier molecular flexibility index (Phi) is 5.45. The van der Waals surface area contributed by atoms with Crippen molar-refractivity contribution in [3.05, 3.63) is 57.8 Å². The molecule has 1 aliphatic carbocycles. The van der Waals surface area contributed by atoms with Gasteiger partial charge in [-0.2, -0.15) is 0 Å². The zero-order valence-electron chi connectivity index (χ0n) is 13.6. The number of halogens is 2. The highest BCUT2D eigenvalue weighted by Gasteiger charge is 2.42. The number of benzene rings is 1. The van der Waals surface area contributed by atoms with Gasteiger partial charge in [-0.1, -0.05) is 12.1 Å². The second kappa shape index (κ2) is 7.75. The van der Waals surface area contributed by atoms with Crippen molar-refractivity contribution >= 4 is 17.3 Å². The van der Waals surface area contributed by atoms with Gasteiger partial charge in [0.15, 0.2) is 5.96 Å². The van der Waals surface area contributed by atoms with E-state index in [1.54, 1.807) is 11.3 Å². The van der Waals surface area contributed by atoms with Crippen LogP contribution in [0.25, 0.3) is 0 Å². The van der Waals surface area contributed by atoms with Crippen LogP contribution in [0.2, 0.25) is 0 Å². The molecule has 6 heteroatoms. The fraction of sp³-hybridized carbons (Fsp3) is 0.389. The van der Waals surface area contributed by atoms with Crippen LogP contribution >= 0.6 is 11.3 Å². The topological polar surface area (TPSA) is 36.4 Å².